The van der Waals surface area contributed by atoms with Gasteiger partial charge in [-0.2, -0.15) is 0 Å². The second kappa shape index (κ2) is 6.35. The van der Waals surface area contributed by atoms with E-state index in [0.717, 1.165) is 12.8 Å². The van der Waals surface area contributed by atoms with Crippen molar-refractivity contribution in [2.75, 3.05) is 30.5 Å². The van der Waals surface area contributed by atoms with Crippen LogP contribution in [0.5, 0.6) is 0 Å². The molecule has 0 spiro atoms. The Labute approximate surface area is 121 Å². The van der Waals surface area contributed by atoms with E-state index in [0.29, 0.717) is 18.9 Å². The molecule has 9 heteroatoms. The average molecular weight is 294 g/mol. The number of nitrogens with two attached hydrogens (primary N) is 1. The molecule has 1 unspecified atom stereocenters. The molecule has 21 heavy (non-hydrogen) atoms. The van der Waals surface area contributed by atoms with Gasteiger partial charge in [-0.15, -0.1) is 0 Å². The summed E-state index contributed by atoms with van der Waals surface area (Å²) in [5.41, 5.74) is 2.29. The number of nitrogen functional groups attached to an aromatic ring is 1. The van der Waals surface area contributed by atoms with Gasteiger partial charge in [-0.3, -0.25) is 14.9 Å². The highest BCUT2D eigenvalue weighted by molar-refractivity contribution is 5.79. The van der Waals surface area contributed by atoms with Crippen LogP contribution in [0.4, 0.5) is 17.3 Å². The van der Waals surface area contributed by atoms with Gasteiger partial charge in [0.1, 0.15) is 5.82 Å². The largest absolute Gasteiger partial charge is 0.359 e. The molecule has 1 atom stereocenters. The van der Waals surface area contributed by atoms with Crippen molar-refractivity contribution < 1.29 is 9.72 Å². The molecule has 1 amide bonds. The third-order valence-electron chi connectivity index (χ3n) is 3.54. The lowest BCUT2D eigenvalue weighted by molar-refractivity contribution is -0.384. The number of amides is 1. The maximum atomic E-state index is 11.8. The Bertz CT molecular complexity index is 550. The standard InChI is InChI=1S/C12H18N6O3/c1-14-12(19)8-3-2-6-17(7-8)11-9(18(20)21)4-5-10(15-11)16-13/h4-5,8H,2-3,6-7,13H2,1H3,(H,14,19)(H,15,16). The molecule has 1 saturated heterocycles. The van der Waals surface area contributed by atoms with Crippen LogP contribution < -0.4 is 21.5 Å². The van der Waals surface area contributed by atoms with Crippen LogP contribution in [0, 0.1) is 16.0 Å². The summed E-state index contributed by atoms with van der Waals surface area (Å²) in [7, 11) is 1.58. The number of nitro groups is 1. The van der Waals surface area contributed by atoms with Gasteiger partial charge in [0.15, 0.2) is 0 Å². The fourth-order valence-electron chi connectivity index (χ4n) is 2.48. The highest BCUT2D eigenvalue weighted by atomic mass is 16.6. The topological polar surface area (TPSA) is 126 Å². The Hall–Kier alpha value is -2.42. The van der Waals surface area contributed by atoms with Crippen LogP contribution in [0.3, 0.4) is 0 Å². The van der Waals surface area contributed by atoms with E-state index in [-0.39, 0.29) is 23.3 Å². The predicted octanol–water partition coefficient (Wildman–Crippen LogP) is 0.238. The van der Waals surface area contributed by atoms with Crippen molar-refractivity contribution in [2.45, 2.75) is 12.8 Å². The Kier molecular flexibility index (Phi) is 4.53. The zero-order valence-electron chi connectivity index (χ0n) is 11.7. The summed E-state index contributed by atoms with van der Waals surface area (Å²) >= 11 is 0. The van der Waals surface area contributed by atoms with Gasteiger partial charge in [0.25, 0.3) is 0 Å². The van der Waals surface area contributed by atoms with Crippen LogP contribution in [0.15, 0.2) is 12.1 Å². The molecule has 114 valence electrons. The number of carbonyl (C=O) groups excluding carboxylic acids is 1. The van der Waals surface area contributed by atoms with E-state index >= 15 is 0 Å². The van der Waals surface area contributed by atoms with Crippen LogP contribution in [0.1, 0.15) is 12.8 Å². The van der Waals surface area contributed by atoms with Crippen molar-refractivity contribution in [2.24, 2.45) is 11.8 Å². The van der Waals surface area contributed by atoms with E-state index < -0.39 is 4.92 Å². The highest BCUT2D eigenvalue weighted by Gasteiger charge is 2.30. The predicted molar refractivity (Wildman–Crippen MR) is 77.7 cm³/mol. The highest BCUT2D eigenvalue weighted by Crippen LogP contribution is 2.30. The summed E-state index contributed by atoms with van der Waals surface area (Å²) in [5.74, 6) is 5.64. The number of rotatable bonds is 4. The minimum absolute atomic E-state index is 0.0598. The second-order valence-electron chi connectivity index (χ2n) is 4.84. The van der Waals surface area contributed by atoms with Crippen LogP contribution >= 0.6 is 0 Å². The lowest BCUT2D eigenvalue weighted by Gasteiger charge is -2.32. The normalized spacial score (nSPS) is 18.2. The molecular weight excluding hydrogens is 276 g/mol. The molecule has 2 heterocycles. The SMILES string of the molecule is CNC(=O)C1CCCN(c2nc(NN)ccc2[N+](=O)[O-])C1. The summed E-state index contributed by atoms with van der Waals surface area (Å²) in [6.45, 7) is 1.02. The molecule has 0 saturated carbocycles. The third-order valence-corrected chi connectivity index (χ3v) is 3.54. The zero-order valence-corrected chi connectivity index (χ0v) is 11.7. The molecule has 2 rings (SSSR count). The first kappa shape index (κ1) is 15.0. The molecule has 4 N–H and O–H groups in total. The second-order valence-corrected chi connectivity index (χ2v) is 4.84. The van der Waals surface area contributed by atoms with Gasteiger partial charge in [-0.1, -0.05) is 0 Å². The fourth-order valence-corrected chi connectivity index (χ4v) is 2.48. The lowest BCUT2D eigenvalue weighted by atomic mass is 9.97. The minimum Gasteiger partial charge on any atom is -0.359 e. The molecule has 0 aromatic carbocycles. The number of nitrogens with zero attached hydrogens (tertiary/aromatic N) is 3. The number of hydrazine groups is 1. The Balaban J connectivity index is 2.31. The van der Waals surface area contributed by atoms with Crippen molar-refractivity contribution in [3.8, 4) is 0 Å². The monoisotopic (exact) mass is 294 g/mol. The number of hydrogen-bond donors (Lipinski definition) is 3. The summed E-state index contributed by atoms with van der Waals surface area (Å²) < 4.78 is 0. The van der Waals surface area contributed by atoms with Crippen LogP contribution in [-0.2, 0) is 4.79 Å². The minimum atomic E-state index is -0.480. The fraction of sp³-hybridized carbons (Fsp3) is 0.500. The zero-order chi connectivity index (χ0) is 15.4. The summed E-state index contributed by atoms with van der Waals surface area (Å²) in [6, 6.07) is 2.81. The van der Waals surface area contributed by atoms with Crippen LogP contribution in [-0.4, -0.2) is 36.0 Å². The number of anilines is 2. The van der Waals surface area contributed by atoms with Gasteiger partial charge in [-0.05, 0) is 18.9 Å². The summed E-state index contributed by atoms with van der Waals surface area (Å²) in [6.07, 6.45) is 1.54. The van der Waals surface area contributed by atoms with Crippen molar-refractivity contribution in [1.82, 2.24) is 10.3 Å². The third kappa shape index (κ3) is 3.19. The van der Waals surface area contributed by atoms with Crippen molar-refractivity contribution in [3.63, 3.8) is 0 Å². The molecule has 1 aromatic heterocycles. The van der Waals surface area contributed by atoms with Gasteiger partial charge in [0.05, 0.1) is 10.8 Å². The Morgan fingerprint density at radius 1 is 1.57 bits per heavy atom. The quantitative estimate of drug-likeness (QED) is 0.412. The number of pyridine rings is 1. The Morgan fingerprint density at radius 2 is 2.33 bits per heavy atom. The van der Waals surface area contributed by atoms with E-state index in [1.807, 2.05) is 0 Å². The maximum Gasteiger partial charge on any atom is 0.311 e. The van der Waals surface area contributed by atoms with E-state index in [1.54, 1.807) is 11.9 Å². The Morgan fingerprint density at radius 3 is 2.95 bits per heavy atom. The first-order valence-corrected chi connectivity index (χ1v) is 6.65. The maximum absolute atomic E-state index is 11.8. The molecule has 1 aromatic rings. The van der Waals surface area contributed by atoms with E-state index in [9.17, 15) is 14.9 Å². The van der Waals surface area contributed by atoms with Crippen LogP contribution in [0.25, 0.3) is 0 Å². The summed E-state index contributed by atoms with van der Waals surface area (Å²) in [4.78, 5) is 28.4. The molecular formula is C12H18N6O3. The van der Waals surface area contributed by atoms with Gasteiger partial charge in [0, 0.05) is 26.2 Å². The van der Waals surface area contributed by atoms with Crippen molar-refractivity contribution >= 4 is 23.2 Å². The molecule has 1 aliphatic heterocycles. The molecule has 9 nitrogen and oxygen atoms in total. The molecule has 0 bridgehead atoms. The van der Waals surface area contributed by atoms with E-state index in [2.05, 4.69) is 15.7 Å². The molecule has 0 radical (unpaired) electrons. The first-order valence-electron chi connectivity index (χ1n) is 6.65. The van der Waals surface area contributed by atoms with Gasteiger partial charge in [0.2, 0.25) is 11.7 Å². The summed E-state index contributed by atoms with van der Waals surface area (Å²) in [5, 5.41) is 13.8. The molecule has 1 fully saturated rings. The van der Waals surface area contributed by atoms with Gasteiger partial charge in [-0.25, -0.2) is 10.8 Å². The number of nitrogens with one attached hydrogen (secondary N) is 2. The van der Waals surface area contributed by atoms with Crippen LogP contribution in [0.2, 0.25) is 0 Å². The van der Waals surface area contributed by atoms with E-state index in [4.69, 9.17) is 5.84 Å². The number of carbonyl (C=O) groups is 1. The molecule has 1 aliphatic rings. The molecule has 0 aliphatic carbocycles. The number of aromatic nitrogens is 1. The van der Waals surface area contributed by atoms with Crippen molar-refractivity contribution in [3.05, 3.63) is 22.2 Å². The van der Waals surface area contributed by atoms with Crippen molar-refractivity contribution in [1.29, 1.82) is 0 Å². The first-order chi connectivity index (χ1) is 10.1. The average Bonchev–Trinajstić information content (AvgIpc) is 2.53. The number of hydrogen-bond acceptors (Lipinski definition) is 7. The smallest absolute Gasteiger partial charge is 0.311 e. The lowest BCUT2D eigenvalue weighted by Crippen LogP contribution is -2.42. The van der Waals surface area contributed by atoms with E-state index in [1.165, 1.54) is 12.1 Å². The van der Waals surface area contributed by atoms with Gasteiger partial charge >= 0.3 is 5.69 Å². The number of piperidine rings is 1. The van der Waals surface area contributed by atoms with Gasteiger partial charge < -0.3 is 15.6 Å².